The molecule has 18 heavy (non-hydrogen) atoms. The van der Waals surface area contributed by atoms with Gasteiger partial charge in [-0.25, -0.2) is 13.6 Å². The second-order valence-corrected chi connectivity index (χ2v) is 3.77. The fourth-order valence-corrected chi connectivity index (χ4v) is 1.45. The van der Waals surface area contributed by atoms with Crippen LogP contribution in [0.3, 0.4) is 0 Å². The average Bonchev–Trinajstić information content (AvgIpc) is 2.31. The van der Waals surface area contributed by atoms with E-state index in [1.807, 2.05) is 0 Å². The number of halogens is 2. The molecule has 4 nitrogen and oxygen atoms in total. The highest BCUT2D eigenvalue weighted by atomic mass is 19.3. The summed E-state index contributed by atoms with van der Waals surface area (Å²) in [5, 5.41) is 2.69. The first-order valence-corrected chi connectivity index (χ1v) is 5.56. The van der Waals surface area contributed by atoms with Crippen LogP contribution in [0.2, 0.25) is 0 Å². The first kappa shape index (κ1) is 14.2. The molecule has 1 aromatic carbocycles. The first-order chi connectivity index (χ1) is 8.45. The van der Waals surface area contributed by atoms with Crippen LogP contribution >= 0.6 is 0 Å². The van der Waals surface area contributed by atoms with E-state index in [9.17, 15) is 13.6 Å². The summed E-state index contributed by atoms with van der Waals surface area (Å²) in [6.07, 6.45) is -2.66. The number of benzene rings is 1. The maximum Gasteiger partial charge on any atom is 0.328 e. The van der Waals surface area contributed by atoms with E-state index in [2.05, 4.69) is 5.32 Å². The van der Waals surface area contributed by atoms with Gasteiger partial charge < -0.3 is 15.8 Å². The third-order valence-electron chi connectivity index (χ3n) is 2.32. The van der Waals surface area contributed by atoms with Gasteiger partial charge in [-0.15, -0.1) is 0 Å². The predicted molar refractivity (Wildman–Crippen MR) is 65.5 cm³/mol. The third kappa shape index (κ3) is 3.58. The zero-order valence-electron chi connectivity index (χ0n) is 10.2. The number of nitrogens with two attached hydrogens (primary N) is 1. The Balaban J connectivity index is 2.87. The molecule has 1 atom stereocenters. The lowest BCUT2D eigenvalue weighted by Gasteiger charge is -2.17. The Morgan fingerprint density at radius 2 is 2.17 bits per heavy atom. The van der Waals surface area contributed by atoms with Crippen molar-refractivity contribution in [1.29, 1.82) is 0 Å². The van der Waals surface area contributed by atoms with Crippen molar-refractivity contribution in [3.05, 3.63) is 23.8 Å². The summed E-state index contributed by atoms with van der Waals surface area (Å²) < 4.78 is 30.4. The fraction of sp³-hybridized carbons (Fsp3) is 0.417. The largest absolute Gasteiger partial charge is 0.464 e. The fourth-order valence-electron chi connectivity index (χ4n) is 1.45. The van der Waals surface area contributed by atoms with Crippen LogP contribution in [0.4, 0.5) is 20.2 Å². The molecule has 1 rings (SSSR count). The van der Waals surface area contributed by atoms with E-state index in [-0.39, 0.29) is 23.5 Å². The molecular weight excluding hydrogens is 242 g/mol. The smallest absolute Gasteiger partial charge is 0.328 e. The Morgan fingerprint density at radius 1 is 1.50 bits per heavy atom. The lowest BCUT2D eigenvalue weighted by atomic mass is 10.1. The summed E-state index contributed by atoms with van der Waals surface area (Å²) in [5.74, 6) is -0.491. The lowest BCUT2D eigenvalue weighted by Crippen LogP contribution is -2.28. The number of nitrogens with one attached hydrogen (secondary N) is 1. The number of esters is 1. The minimum Gasteiger partial charge on any atom is -0.464 e. The van der Waals surface area contributed by atoms with Crippen LogP contribution in [-0.4, -0.2) is 18.6 Å². The maximum absolute atomic E-state index is 12.8. The van der Waals surface area contributed by atoms with Gasteiger partial charge in [0.05, 0.1) is 6.61 Å². The molecule has 0 saturated carbocycles. The molecule has 0 aliphatic rings. The topological polar surface area (TPSA) is 64.3 Å². The first-order valence-electron chi connectivity index (χ1n) is 5.56. The van der Waals surface area contributed by atoms with Crippen molar-refractivity contribution in [2.75, 3.05) is 17.7 Å². The molecule has 0 fully saturated rings. The zero-order valence-corrected chi connectivity index (χ0v) is 10.2. The van der Waals surface area contributed by atoms with Crippen molar-refractivity contribution in [2.45, 2.75) is 26.3 Å². The molecule has 1 aromatic rings. The van der Waals surface area contributed by atoms with Crippen LogP contribution in [0, 0.1) is 0 Å². The van der Waals surface area contributed by atoms with Gasteiger partial charge in [0.2, 0.25) is 0 Å². The molecule has 0 radical (unpaired) electrons. The number of carbonyl (C=O) groups is 1. The number of nitrogen functional groups attached to an aromatic ring is 1. The van der Waals surface area contributed by atoms with E-state index < -0.39 is 18.4 Å². The molecule has 6 heteroatoms. The number of anilines is 2. The highest BCUT2D eigenvalue weighted by Crippen LogP contribution is 2.29. The molecule has 0 saturated heterocycles. The number of ether oxygens (including phenoxy) is 1. The van der Waals surface area contributed by atoms with Crippen LogP contribution in [-0.2, 0) is 9.53 Å². The van der Waals surface area contributed by atoms with Gasteiger partial charge in [-0.3, -0.25) is 0 Å². The van der Waals surface area contributed by atoms with Crippen molar-refractivity contribution in [1.82, 2.24) is 0 Å². The van der Waals surface area contributed by atoms with Gasteiger partial charge in [0.15, 0.2) is 0 Å². The molecule has 1 unspecified atom stereocenters. The summed E-state index contributed by atoms with van der Waals surface area (Å²) in [6.45, 7) is 3.47. The average molecular weight is 258 g/mol. The van der Waals surface area contributed by atoms with Crippen molar-refractivity contribution >= 4 is 17.3 Å². The number of carbonyl (C=O) groups excluding carboxylic acids is 1. The number of rotatable bonds is 5. The molecule has 100 valence electrons. The Morgan fingerprint density at radius 3 is 2.72 bits per heavy atom. The third-order valence-corrected chi connectivity index (χ3v) is 2.32. The van der Waals surface area contributed by atoms with Crippen LogP contribution < -0.4 is 11.1 Å². The highest BCUT2D eigenvalue weighted by molar-refractivity contribution is 5.79. The molecule has 0 heterocycles. The van der Waals surface area contributed by atoms with Crippen molar-refractivity contribution in [3.63, 3.8) is 0 Å². The molecule has 0 aliphatic heterocycles. The molecule has 0 spiro atoms. The van der Waals surface area contributed by atoms with Gasteiger partial charge in [-0.05, 0) is 32.0 Å². The Kier molecular flexibility index (Phi) is 4.88. The minimum atomic E-state index is -2.66. The lowest BCUT2D eigenvalue weighted by molar-refractivity contribution is -0.143. The van der Waals surface area contributed by atoms with Crippen LogP contribution in [0.1, 0.15) is 25.8 Å². The van der Waals surface area contributed by atoms with Crippen LogP contribution in [0.5, 0.6) is 0 Å². The molecule has 3 N–H and O–H groups in total. The van der Waals surface area contributed by atoms with Gasteiger partial charge in [-0.2, -0.15) is 0 Å². The van der Waals surface area contributed by atoms with Crippen LogP contribution in [0.15, 0.2) is 18.2 Å². The summed E-state index contributed by atoms with van der Waals surface area (Å²) in [6, 6.07) is 3.40. The molecule has 0 aliphatic carbocycles. The Bertz CT molecular complexity index is 425. The number of alkyl halides is 2. The number of hydrogen-bond donors (Lipinski definition) is 2. The van der Waals surface area contributed by atoms with E-state index >= 15 is 0 Å². The Labute approximate surface area is 104 Å². The van der Waals surface area contributed by atoms with Gasteiger partial charge in [0, 0.05) is 16.9 Å². The normalized spacial score (nSPS) is 12.3. The van der Waals surface area contributed by atoms with E-state index in [0.717, 1.165) is 0 Å². The standard InChI is InChI=1S/C12H16F2N2O2/c1-3-18-12(17)7(2)16-10-5-4-8(15)6-9(10)11(13)14/h4-7,11,16H,3,15H2,1-2H3. The van der Waals surface area contributed by atoms with Gasteiger partial charge >= 0.3 is 5.97 Å². The molecule has 0 amide bonds. The quantitative estimate of drug-likeness (QED) is 0.629. The Hall–Kier alpha value is -1.85. The highest BCUT2D eigenvalue weighted by Gasteiger charge is 2.18. The van der Waals surface area contributed by atoms with E-state index in [4.69, 9.17) is 10.5 Å². The van der Waals surface area contributed by atoms with Gasteiger partial charge in [0.1, 0.15) is 6.04 Å². The minimum absolute atomic E-state index is 0.180. The summed E-state index contributed by atoms with van der Waals surface area (Å²) in [7, 11) is 0. The van der Waals surface area contributed by atoms with Crippen molar-refractivity contribution in [3.8, 4) is 0 Å². The van der Waals surface area contributed by atoms with Crippen molar-refractivity contribution in [2.24, 2.45) is 0 Å². The van der Waals surface area contributed by atoms with E-state index in [1.54, 1.807) is 13.8 Å². The van der Waals surface area contributed by atoms with E-state index in [0.29, 0.717) is 0 Å². The predicted octanol–water partition coefficient (Wildman–Crippen LogP) is 2.57. The monoisotopic (exact) mass is 258 g/mol. The second-order valence-electron chi connectivity index (χ2n) is 3.77. The van der Waals surface area contributed by atoms with Crippen molar-refractivity contribution < 1.29 is 18.3 Å². The summed E-state index contributed by atoms with van der Waals surface area (Å²) >= 11 is 0. The second kappa shape index (κ2) is 6.18. The summed E-state index contributed by atoms with van der Waals surface area (Å²) in [5.41, 5.74) is 5.65. The van der Waals surface area contributed by atoms with Gasteiger partial charge in [-0.1, -0.05) is 0 Å². The maximum atomic E-state index is 12.8. The van der Waals surface area contributed by atoms with Crippen LogP contribution in [0.25, 0.3) is 0 Å². The molecular formula is C12H16F2N2O2. The molecule has 0 bridgehead atoms. The SMILES string of the molecule is CCOC(=O)C(C)Nc1ccc(N)cc1C(F)F. The molecule has 0 aromatic heterocycles. The number of hydrogen-bond acceptors (Lipinski definition) is 4. The zero-order chi connectivity index (χ0) is 13.7. The summed E-state index contributed by atoms with van der Waals surface area (Å²) in [4.78, 5) is 11.4. The van der Waals surface area contributed by atoms with Gasteiger partial charge in [0.25, 0.3) is 6.43 Å². The van der Waals surface area contributed by atoms with E-state index in [1.165, 1.54) is 18.2 Å².